The van der Waals surface area contributed by atoms with Gasteiger partial charge in [-0.25, -0.2) is 0 Å². The van der Waals surface area contributed by atoms with E-state index >= 15 is 0 Å². The second kappa shape index (κ2) is 13.5. The van der Waals surface area contributed by atoms with Crippen molar-refractivity contribution < 1.29 is 14.7 Å². The Morgan fingerprint density at radius 1 is 0.971 bits per heavy atom. The first-order valence-electron chi connectivity index (χ1n) is 12.7. The van der Waals surface area contributed by atoms with Gasteiger partial charge in [0, 0.05) is 37.5 Å². The number of amides is 2. The number of nitrogens with one attached hydrogen (secondary N) is 1. The molecular weight excluding hydrogens is 444 g/mol. The molecule has 0 bridgehead atoms. The largest absolute Gasteiger partial charge is 0.507 e. The van der Waals surface area contributed by atoms with E-state index in [0.29, 0.717) is 29.9 Å². The molecule has 1 aliphatic heterocycles. The lowest BCUT2D eigenvalue weighted by Crippen LogP contribution is -2.44. The van der Waals surface area contributed by atoms with Gasteiger partial charge in [-0.1, -0.05) is 44.2 Å². The molecule has 1 aromatic carbocycles. The van der Waals surface area contributed by atoms with E-state index < -0.39 is 0 Å². The standard InChI is InChI=1S/C26H38N6O3/c27-24(34)12-6-4-2-1-3-5-7-13-25(35)29-19-14-16-32(17-15-19)22-18-21(30-31-26(22)28)20-10-8-9-11-23(20)33/h8-11,18-19,33H,1-7,12-17H2,(H2,27,34)(H2,28,31)(H,29,35). The van der Waals surface area contributed by atoms with E-state index in [4.69, 9.17) is 11.5 Å². The number of para-hydroxylation sites is 1. The molecule has 0 saturated carbocycles. The van der Waals surface area contributed by atoms with Crippen molar-refractivity contribution in [3.63, 3.8) is 0 Å². The predicted molar refractivity (Wildman–Crippen MR) is 138 cm³/mol. The van der Waals surface area contributed by atoms with Gasteiger partial charge in [0.05, 0.1) is 11.4 Å². The molecule has 2 amide bonds. The maximum absolute atomic E-state index is 12.4. The number of anilines is 2. The summed E-state index contributed by atoms with van der Waals surface area (Å²) in [6.07, 6.45) is 9.95. The fourth-order valence-corrected chi connectivity index (χ4v) is 4.50. The summed E-state index contributed by atoms with van der Waals surface area (Å²) >= 11 is 0. The van der Waals surface area contributed by atoms with E-state index in [0.717, 1.165) is 76.6 Å². The van der Waals surface area contributed by atoms with E-state index in [2.05, 4.69) is 20.4 Å². The molecule has 190 valence electrons. The molecule has 6 N–H and O–H groups in total. The Morgan fingerprint density at radius 2 is 1.60 bits per heavy atom. The minimum atomic E-state index is -0.224. The first-order valence-corrected chi connectivity index (χ1v) is 12.7. The van der Waals surface area contributed by atoms with Crippen LogP contribution in [0.25, 0.3) is 11.3 Å². The molecule has 2 aromatic rings. The summed E-state index contributed by atoms with van der Waals surface area (Å²) in [5, 5.41) is 21.6. The van der Waals surface area contributed by atoms with Crippen LogP contribution in [0.1, 0.15) is 70.6 Å². The second-order valence-electron chi connectivity index (χ2n) is 9.29. The normalized spacial score (nSPS) is 14.1. The molecule has 1 saturated heterocycles. The van der Waals surface area contributed by atoms with Crippen LogP contribution in [0.2, 0.25) is 0 Å². The molecule has 3 rings (SSSR count). The summed E-state index contributed by atoms with van der Waals surface area (Å²) in [7, 11) is 0. The van der Waals surface area contributed by atoms with Crippen LogP contribution in [0.15, 0.2) is 30.3 Å². The van der Waals surface area contributed by atoms with E-state index in [1.165, 1.54) is 0 Å². The molecule has 0 aliphatic carbocycles. The van der Waals surface area contributed by atoms with Gasteiger partial charge in [0.15, 0.2) is 5.82 Å². The van der Waals surface area contributed by atoms with Crippen molar-refractivity contribution in [2.24, 2.45) is 5.73 Å². The Labute approximate surface area is 207 Å². The van der Waals surface area contributed by atoms with Gasteiger partial charge in [0.1, 0.15) is 5.75 Å². The third kappa shape index (κ3) is 8.42. The Kier molecular flexibility index (Phi) is 10.1. The number of aromatic hydroxyl groups is 1. The minimum Gasteiger partial charge on any atom is -0.507 e. The summed E-state index contributed by atoms with van der Waals surface area (Å²) in [6, 6.07) is 9.06. The number of rotatable bonds is 13. The minimum absolute atomic E-state index is 0.122. The highest BCUT2D eigenvalue weighted by Gasteiger charge is 2.23. The molecule has 1 aromatic heterocycles. The average Bonchev–Trinajstić information content (AvgIpc) is 2.84. The highest BCUT2D eigenvalue weighted by atomic mass is 16.3. The number of carbonyl (C=O) groups excluding carboxylic acids is 2. The molecule has 9 nitrogen and oxygen atoms in total. The number of nitrogen functional groups attached to an aromatic ring is 1. The third-order valence-corrected chi connectivity index (χ3v) is 6.51. The summed E-state index contributed by atoms with van der Waals surface area (Å²) in [5.74, 6) is 0.411. The van der Waals surface area contributed by atoms with Gasteiger partial charge in [-0.2, -0.15) is 0 Å². The number of primary amides is 1. The van der Waals surface area contributed by atoms with Crippen LogP contribution in [-0.4, -0.2) is 46.2 Å². The van der Waals surface area contributed by atoms with Crippen LogP contribution >= 0.6 is 0 Å². The van der Waals surface area contributed by atoms with E-state index in [9.17, 15) is 14.7 Å². The molecule has 9 heteroatoms. The zero-order chi connectivity index (χ0) is 25.0. The number of hydrogen-bond acceptors (Lipinski definition) is 7. The maximum atomic E-state index is 12.4. The zero-order valence-corrected chi connectivity index (χ0v) is 20.4. The van der Waals surface area contributed by atoms with E-state index in [1.807, 2.05) is 12.1 Å². The SMILES string of the molecule is NC(=O)CCCCCCCCCC(=O)NC1CCN(c2cc(-c3ccccc3O)nnc2N)CC1. The summed E-state index contributed by atoms with van der Waals surface area (Å²) in [5.41, 5.74) is 13.2. The summed E-state index contributed by atoms with van der Waals surface area (Å²) in [6.45, 7) is 1.52. The number of phenolic OH excluding ortho intramolecular Hbond substituents is 1. The molecule has 0 unspecified atom stereocenters. The van der Waals surface area contributed by atoms with Crippen LogP contribution in [0.5, 0.6) is 5.75 Å². The van der Waals surface area contributed by atoms with Crippen molar-refractivity contribution in [2.45, 2.75) is 76.7 Å². The molecule has 0 atom stereocenters. The van der Waals surface area contributed by atoms with E-state index in [-0.39, 0.29) is 23.6 Å². The zero-order valence-electron chi connectivity index (χ0n) is 20.4. The number of carbonyl (C=O) groups is 2. The molecule has 1 fully saturated rings. The van der Waals surface area contributed by atoms with Crippen molar-refractivity contribution in [1.82, 2.24) is 15.5 Å². The van der Waals surface area contributed by atoms with Crippen molar-refractivity contribution in [3.05, 3.63) is 30.3 Å². The fraction of sp³-hybridized carbons (Fsp3) is 0.538. The number of aromatic nitrogens is 2. The van der Waals surface area contributed by atoms with Crippen LogP contribution in [0.3, 0.4) is 0 Å². The van der Waals surface area contributed by atoms with Crippen molar-refractivity contribution >= 4 is 23.3 Å². The maximum Gasteiger partial charge on any atom is 0.220 e. The molecule has 1 aliphatic rings. The monoisotopic (exact) mass is 482 g/mol. The lowest BCUT2D eigenvalue weighted by atomic mass is 10.0. The van der Waals surface area contributed by atoms with Crippen LogP contribution in [0, 0.1) is 0 Å². The Bertz CT molecular complexity index is 975. The number of nitrogens with zero attached hydrogens (tertiary/aromatic N) is 3. The molecule has 2 heterocycles. The van der Waals surface area contributed by atoms with Gasteiger partial charge >= 0.3 is 0 Å². The number of hydrogen-bond donors (Lipinski definition) is 4. The van der Waals surface area contributed by atoms with Crippen molar-refractivity contribution in [1.29, 1.82) is 0 Å². The van der Waals surface area contributed by atoms with Crippen molar-refractivity contribution in [3.8, 4) is 17.0 Å². The Hall–Kier alpha value is -3.36. The third-order valence-electron chi connectivity index (χ3n) is 6.51. The van der Waals surface area contributed by atoms with Crippen LogP contribution in [-0.2, 0) is 9.59 Å². The number of phenols is 1. The van der Waals surface area contributed by atoms with Gasteiger partial charge in [-0.3, -0.25) is 9.59 Å². The number of nitrogens with two attached hydrogens (primary N) is 2. The van der Waals surface area contributed by atoms with Gasteiger partial charge < -0.3 is 26.8 Å². The molecule has 0 radical (unpaired) electrons. The van der Waals surface area contributed by atoms with Crippen molar-refractivity contribution in [2.75, 3.05) is 23.7 Å². The second-order valence-corrected chi connectivity index (χ2v) is 9.29. The highest BCUT2D eigenvalue weighted by molar-refractivity contribution is 5.76. The lowest BCUT2D eigenvalue weighted by Gasteiger charge is -2.34. The van der Waals surface area contributed by atoms with Gasteiger partial charge in [0.25, 0.3) is 0 Å². The quantitative estimate of drug-likeness (QED) is 0.319. The average molecular weight is 483 g/mol. The first-order chi connectivity index (χ1) is 16.9. The van der Waals surface area contributed by atoms with Crippen LogP contribution < -0.4 is 21.7 Å². The molecular formula is C26H38N6O3. The van der Waals surface area contributed by atoms with Gasteiger partial charge in [-0.05, 0) is 43.9 Å². The predicted octanol–water partition coefficient (Wildman–Crippen LogP) is 3.51. The lowest BCUT2D eigenvalue weighted by molar-refractivity contribution is -0.122. The van der Waals surface area contributed by atoms with Crippen LogP contribution in [0.4, 0.5) is 11.5 Å². The van der Waals surface area contributed by atoms with Gasteiger partial charge in [0.2, 0.25) is 11.8 Å². The first kappa shape index (κ1) is 26.2. The van der Waals surface area contributed by atoms with Gasteiger partial charge in [-0.15, -0.1) is 10.2 Å². The number of piperidine rings is 1. The topological polar surface area (TPSA) is 147 Å². The number of unbranched alkanes of at least 4 members (excludes halogenated alkanes) is 6. The highest BCUT2D eigenvalue weighted by Crippen LogP contribution is 2.32. The Morgan fingerprint density at radius 3 is 2.26 bits per heavy atom. The smallest absolute Gasteiger partial charge is 0.220 e. The summed E-state index contributed by atoms with van der Waals surface area (Å²) < 4.78 is 0. The molecule has 35 heavy (non-hydrogen) atoms. The number of benzene rings is 1. The summed E-state index contributed by atoms with van der Waals surface area (Å²) in [4.78, 5) is 25.2. The van der Waals surface area contributed by atoms with E-state index in [1.54, 1.807) is 18.2 Å². The molecule has 0 spiro atoms. The fourth-order valence-electron chi connectivity index (χ4n) is 4.50. The Balaban J connectivity index is 1.36.